The van der Waals surface area contributed by atoms with E-state index >= 15 is 0 Å². The van der Waals surface area contributed by atoms with E-state index < -0.39 is 0 Å². The molecular weight excluding hydrogens is 229 g/mol. The summed E-state index contributed by atoms with van der Waals surface area (Å²) in [5.41, 5.74) is -0.0417. The van der Waals surface area contributed by atoms with Gasteiger partial charge in [-0.2, -0.15) is 0 Å². The first kappa shape index (κ1) is 9.23. The van der Waals surface area contributed by atoms with E-state index in [2.05, 4.69) is 20.9 Å². The standard InChI is InChI=1S/C6H11NO.HI/c1-6(2)7(3)4-5-8-6;/h4-5H,1-3H3;1H. The zero-order valence-electron chi connectivity index (χ0n) is 5.94. The summed E-state index contributed by atoms with van der Waals surface area (Å²) in [7, 11) is 2.07. The number of rotatable bonds is 0. The molecule has 1 aliphatic rings. The third kappa shape index (κ3) is 1.82. The van der Waals surface area contributed by atoms with Gasteiger partial charge in [0.25, 0.3) is 0 Å². The predicted molar refractivity (Wildman–Crippen MR) is 31.2 cm³/mol. The monoisotopic (exact) mass is 241 g/mol. The van der Waals surface area contributed by atoms with Crippen LogP contribution >= 0.6 is 0 Å². The molecule has 1 rings (SSSR count). The Morgan fingerprint density at radius 2 is 2.00 bits per heavy atom. The average molecular weight is 241 g/mol. The number of halogens is 1. The lowest BCUT2D eigenvalue weighted by atomic mass is 10.3. The first-order valence-corrected chi connectivity index (χ1v) is 2.81. The van der Waals surface area contributed by atoms with Crippen LogP contribution < -0.4 is 28.9 Å². The quantitative estimate of drug-likeness (QED) is 0.440. The molecule has 0 bridgehead atoms. The molecule has 0 amide bonds. The Kier molecular flexibility index (Phi) is 2.95. The summed E-state index contributed by atoms with van der Waals surface area (Å²) in [6.45, 7) is 4.12. The van der Waals surface area contributed by atoms with Crippen LogP contribution in [0.15, 0.2) is 12.5 Å². The Morgan fingerprint density at radius 3 is 2.11 bits per heavy atom. The molecule has 0 aromatic heterocycles. The van der Waals surface area contributed by atoms with E-state index in [9.17, 15) is 0 Å². The largest absolute Gasteiger partial charge is 1.00 e. The van der Waals surface area contributed by atoms with Gasteiger partial charge in [-0.15, -0.1) is 0 Å². The van der Waals surface area contributed by atoms with E-state index in [1.165, 1.54) is 4.90 Å². The Balaban J connectivity index is 0.000000640. The molecule has 1 N–H and O–H groups in total. The van der Waals surface area contributed by atoms with Crippen LogP contribution in [0.5, 0.6) is 0 Å². The molecule has 9 heavy (non-hydrogen) atoms. The maximum Gasteiger partial charge on any atom is 0.239 e. The smallest absolute Gasteiger partial charge is 0.239 e. The van der Waals surface area contributed by atoms with E-state index in [0.29, 0.717) is 0 Å². The van der Waals surface area contributed by atoms with Crippen molar-refractivity contribution < 1.29 is 33.6 Å². The molecule has 54 valence electrons. The SMILES string of the molecule is C[NH+]1C=COC1(C)C.[I-]. The maximum atomic E-state index is 5.23. The second-order valence-corrected chi connectivity index (χ2v) is 2.61. The molecule has 0 aromatic carbocycles. The summed E-state index contributed by atoms with van der Waals surface area (Å²) in [6.07, 6.45) is 3.75. The number of quaternary nitrogens is 1. The van der Waals surface area contributed by atoms with Crippen LogP contribution in [0.1, 0.15) is 13.8 Å². The Bertz CT molecular complexity index is 122. The topological polar surface area (TPSA) is 13.7 Å². The van der Waals surface area contributed by atoms with E-state index in [0.717, 1.165) is 0 Å². The van der Waals surface area contributed by atoms with Crippen LogP contribution in [-0.4, -0.2) is 12.8 Å². The minimum absolute atomic E-state index is 0. The van der Waals surface area contributed by atoms with Crippen molar-refractivity contribution in [3.05, 3.63) is 12.5 Å². The molecule has 3 heteroatoms. The molecule has 1 heterocycles. The van der Waals surface area contributed by atoms with Crippen molar-refractivity contribution in [2.75, 3.05) is 7.05 Å². The minimum atomic E-state index is -0.0417. The van der Waals surface area contributed by atoms with Gasteiger partial charge in [-0.05, 0) is 0 Å². The molecule has 0 spiro atoms. The van der Waals surface area contributed by atoms with Crippen LogP contribution in [0.2, 0.25) is 0 Å². The van der Waals surface area contributed by atoms with Gasteiger partial charge in [0, 0.05) is 13.8 Å². The highest BCUT2D eigenvalue weighted by atomic mass is 127. The summed E-state index contributed by atoms with van der Waals surface area (Å²) < 4.78 is 5.23. The van der Waals surface area contributed by atoms with E-state index in [1.54, 1.807) is 6.26 Å². The molecule has 0 fully saturated rings. The molecule has 1 aliphatic heterocycles. The van der Waals surface area contributed by atoms with Gasteiger partial charge >= 0.3 is 0 Å². The van der Waals surface area contributed by atoms with Crippen molar-refractivity contribution in [1.82, 2.24) is 0 Å². The first-order chi connectivity index (χ1) is 3.63. The normalized spacial score (nSPS) is 29.0. The molecule has 0 saturated heterocycles. The number of ether oxygens (including phenoxy) is 1. The van der Waals surface area contributed by atoms with Crippen LogP contribution in [-0.2, 0) is 4.74 Å². The average Bonchev–Trinajstić information content (AvgIpc) is 1.86. The van der Waals surface area contributed by atoms with Gasteiger partial charge in [-0.1, -0.05) is 0 Å². The zero-order valence-corrected chi connectivity index (χ0v) is 8.10. The zero-order chi connectivity index (χ0) is 6.20. The van der Waals surface area contributed by atoms with Crippen LogP contribution in [0.3, 0.4) is 0 Å². The van der Waals surface area contributed by atoms with Crippen LogP contribution in [0.4, 0.5) is 0 Å². The van der Waals surface area contributed by atoms with Crippen LogP contribution in [0, 0.1) is 0 Å². The lowest BCUT2D eigenvalue weighted by molar-refractivity contribution is -0.895. The molecular formula is C6H12INO. The van der Waals surface area contributed by atoms with Gasteiger partial charge in [0.15, 0.2) is 0 Å². The molecule has 2 nitrogen and oxygen atoms in total. The van der Waals surface area contributed by atoms with Crippen molar-refractivity contribution in [3.63, 3.8) is 0 Å². The van der Waals surface area contributed by atoms with Crippen molar-refractivity contribution in [3.8, 4) is 0 Å². The molecule has 0 aliphatic carbocycles. The van der Waals surface area contributed by atoms with Crippen molar-refractivity contribution in [2.24, 2.45) is 0 Å². The Hall–Kier alpha value is 0.230. The second kappa shape index (κ2) is 2.88. The highest BCUT2D eigenvalue weighted by Gasteiger charge is 2.30. The molecule has 0 radical (unpaired) electrons. The van der Waals surface area contributed by atoms with Gasteiger partial charge < -0.3 is 28.7 Å². The van der Waals surface area contributed by atoms with Gasteiger partial charge in [-0.3, -0.25) is 4.90 Å². The summed E-state index contributed by atoms with van der Waals surface area (Å²) >= 11 is 0. The fourth-order valence-corrected chi connectivity index (χ4v) is 0.600. The fourth-order valence-electron chi connectivity index (χ4n) is 0.600. The summed E-state index contributed by atoms with van der Waals surface area (Å²) in [5.74, 6) is 0. The van der Waals surface area contributed by atoms with E-state index in [-0.39, 0.29) is 29.7 Å². The molecule has 1 unspecified atom stereocenters. The fraction of sp³-hybridized carbons (Fsp3) is 0.667. The summed E-state index contributed by atoms with van der Waals surface area (Å²) in [6, 6.07) is 0. The second-order valence-electron chi connectivity index (χ2n) is 2.61. The number of nitrogens with one attached hydrogen (secondary N) is 1. The molecule has 0 aromatic rings. The number of hydrogen-bond acceptors (Lipinski definition) is 1. The van der Waals surface area contributed by atoms with Crippen molar-refractivity contribution in [1.29, 1.82) is 0 Å². The van der Waals surface area contributed by atoms with E-state index in [1.807, 2.05) is 6.20 Å². The third-order valence-electron chi connectivity index (χ3n) is 1.63. The predicted octanol–water partition coefficient (Wildman–Crippen LogP) is -3.26. The van der Waals surface area contributed by atoms with E-state index in [4.69, 9.17) is 4.74 Å². The minimum Gasteiger partial charge on any atom is -1.00 e. The highest BCUT2D eigenvalue weighted by Crippen LogP contribution is 2.02. The summed E-state index contributed by atoms with van der Waals surface area (Å²) in [5, 5.41) is 0. The highest BCUT2D eigenvalue weighted by molar-refractivity contribution is 4.72. The van der Waals surface area contributed by atoms with Gasteiger partial charge in [-0.25, -0.2) is 0 Å². The molecule has 1 atom stereocenters. The molecule has 0 saturated carbocycles. The van der Waals surface area contributed by atoms with Crippen molar-refractivity contribution in [2.45, 2.75) is 19.6 Å². The maximum absolute atomic E-state index is 5.23. The lowest BCUT2D eigenvalue weighted by Crippen LogP contribution is -3.11. The number of hydrogen-bond donors (Lipinski definition) is 1. The van der Waals surface area contributed by atoms with Gasteiger partial charge in [0.1, 0.15) is 12.5 Å². The first-order valence-electron chi connectivity index (χ1n) is 2.81. The van der Waals surface area contributed by atoms with Gasteiger partial charge in [0.2, 0.25) is 5.72 Å². The Morgan fingerprint density at radius 1 is 1.44 bits per heavy atom. The van der Waals surface area contributed by atoms with Gasteiger partial charge in [0.05, 0.1) is 7.05 Å². The Labute approximate surface area is 72.9 Å². The lowest BCUT2D eigenvalue weighted by Gasteiger charge is -2.21. The van der Waals surface area contributed by atoms with Crippen LogP contribution in [0.25, 0.3) is 0 Å². The third-order valence-corrected chi connectivity index (χ3v) is 1.63. The summed E-state index contributed by atoms with van der Waals surface area (Å²) in [4.78, 5) is 1.29. The van der Waals surface area contributed by atoms with Crippen molar-refractivity contribution >= 4 is 0 Å².